The molecular formula is C24H28BrNO4. The Morgan fingerprint density at radius 1 is 1.30 bits per heavy atom. The van der Waals surface area contributed by atoms with Gasteiger partial charge < -0.3 is 14.8 Å². The van der Waals surface area contributed by atoms with Crippen LogP contribution in [0.2, 0.25) is 0 Å². The van der Waals surface area contributed by atoms with E-state index >= 15 is 0 Å². The van der Waals surface area contributed by atoms with Gasteiger partial charge in [-0.15, -0.1) is 0 Å². The van der Waals surface area contributed by atoms with Crippen molar-refractivity contribution in [2.24, 2.45) is 5.41 Å². The van der Waals surface area contributed by atoms with E-state index < -0.39 is 5.92 Å². The predicted octanol–water partition coefficient (Wildman–Crippen LogP) is 4.78. The number of carbonyl (C=O) groups excluding carboxylic acids is 2. The maximum Gasteiger partial charge on any atom is 0.336 e. The SMILES string of the molecule is CC1=C(C(=O)OC[C@H]2CCCO2)[C@@H](c2ccccc2Br)C2=C(CC(C)(C)CC2=O)N1. The van der Waals surface area contributed by atoms with E-state index in [1.165, 1.54) is 0 Å². The number of allylic oxidation sites excluding steroid dienone is 3. The Hall–Kier alpha value is -1.92. The van der Waals surface area contributed by atoms with Crippen LogP contribution in [0.4, 0.5) is 0 Å². The van der Waals surface area contributed by atoms with Crippen LogP contribution in [-0.2, 0) is 19.1 Å². The zero-order chi connectivity index (χ0) is 21.5. The summed E-state index contributed by atoms with van der Waals surface area (Å²) in [5.74, 6) is -0.746. The number of nitrogens with one attached hydrogen (secondary N) is 1. The van der Waals surface area contributed by atoms with E-state index in [0.717, 1.165) is 40.7 Å². The molecular weight excluding hydrogens is 446 g/mol. The molecule has 4 rings (SSSR count). The molecule has 1 fully saturated rings. The molecule has 0 spiro atoms. The lowest BCUT2D eigenvalue weighted by molar-refractivity contribution is -0.142. The number of esters is 1. The Morgan fingerprint density at radius 2 is 2.07 bits per heavy atom. The van der Waals surface area contributed by atoms with Crippen LogP contribution in [0, 0.1) is 5.41 Å². The summed E-state index contributed by atoms with van der Waals surface area (Å²) in [6.45, 7) is 7.06. The quantitative estimate of drug-likeness (QED) is 0.637. The molecule has 5 nitrogen and oxygen atoms in total. The molecule has 1 N–H and O–H groups in total. The third-order valence-corrected chi connectivity index (χ3v) is 6.82. The van der Waals surface area contributed by atoms with Crippen LogP contribution in [0.1, 0.15) is 57.9 Å². The number of ketones is 1. The highest BCUT2D eigenvalue weighted by Crippen LogP contribution is 2.48. The molecule has 0 aromatic heterocycles. The van der Waals surface area contributed by atoms with E-state index in [4.69, 9.17) is 9.47 Å². The van der Waals surface area contributed by atoms with Gasteiger partial charge in [-0.3, -0.25) is 4.79 Å². The molecule has 1 aromatic rings. The van der Waals surface area contributed by atoms with E-state index in [2.05, 4.69) is 35.1 Å². The lowest BCUT2D eigenvalue weighted by Crippen LogP contribution is -2.39. The molecule has 0 radical (unpaired) electrons. The minimum Gasteiger partial charge on any atom is -0.459 e. The van der Waals surface area contributed by atoms with Gasteiger partial charge in [0.25, 0.3) is 0 Å². The Kier molecular flexibility index (Phi) is 5.90. The summed E-state index contributed by atoms with van der Waals surface area (Å²) in [4.78, 5) is 26.5. The first-order valence-corrected chi connectivity index (χ1v) is 11.3. The summed E-state index contributed by atoms with van der Waals surface area (Å²) in [7, 11) is 0. The summed E-state index contributed by atoms with van der Waals surface area (Å²) in [6, 6.07) is 7.78. The average Bonchev–Trinajstić information content (AvgIpc) is 3.18. The summed E-state index contributed by atoms with van der Waals surface area (Å²) < 4.78 is 12.1. The van der Waals surface area contributed by atoms with Gasteiger partial charge in [0.05, 0.1) is 11.7 Å². The number of benzene rings is 1. The van der Waals surface area contributed by atoms with Gasteiger partial charge in [0.15, 0.2) is 5.78 Å². The molecule has 1 aliphatic carbocycles. The Bertz CT molecular complexity index is 940. The van der Waals surface area contributed by atoms with Crippen molar-refractivity contribution in [3.8, 4) is 0 Å². The Morgan fingerprint density at radius 3 is 2.77 bits per heavy atom. The van der Waals surface area contributed by atoms with Gasteiger partial charge in [-0.2, -0.15) is 0 Å². The number of halogens is 1. The van der Waals surface area contributed by atoms with Crippen molar-refractivity contribution in [3.05, 3.63) is 56.8 Å². The van der Waals surface area contributed by atoms with Crippen LogP contribution >= 0.6 is 15.9 Å². The van der Waals surface area contributed by atoms with Crippen LogP contribution in [0.15, 0.2) is 51.3 Å². The topological polar surface area (TPSA) is 64.6 Å². The largest absolute Gasteiger partial charge is 0.459 e. The van der Waals surface area contributed by atoms with Crippen LogP contribution in [0.3, 0.4) is 0 Å². The molecule has 1 aromatic carbocycles. The van der Waals surface area contributed by atoms with Gasteiger partial charge in [-0.25, -0.2) is 4.79 Å². The molecule has 0 unspecified atom stereocenters. The van der Waals surface area contributed by atoms with E-state index in [9.17, 15) is 9.59 Å². The second-order valence-electron chi connectivity index (χ2n) is 9.18. The fourth-order valence-electron chi connectivity index (χ4n) is 4.75. The maximum atomic E-state index is 13.3. The first-order chi connectivity index (χ1) is 14.3. The fraction of sp³-hybridized carbons (Fsp3) is 0.500. The maximum absolute atomic E-state index is 13.3. The number of hydrogen-bond acceptors (Lipinski definition) is 5. The number of dihydropyridines is 1. The zero-order valence-corrected chi connectivity index (χ0v) is 19.3. The van der Waals surface area contributed by atoms with Crippen molar-refractivity contribution in [1.82, 2.24) is 5.32 Å². The van der Waals surface area contributed by atoms with Crippen LogP contribution in [-0.4, -0.2) is 31.1 Å². The number of carbonyl (C=O) groups is 2. The Balaban J connectivity index is 1.73. The van der Waals surface area contributed by atoms with Gasteiger partial charge in [-0.1, -0.05) is 48.0 Å². The molecule has 30 heavy (non-hydrogen) atoms. The van der Waals surface area contributed by atoms with Gasteiger partial charge in [-0.05, 0) is 43.2 Å². The molecule has 2 heterocycles. The number of Topliss-reactive ketones (excluding diaryl/α,β-unsaturated/α-hetero) is 1. The van der Waals surface area contributed by atoms with Crippen molar-refractivity contribution >= 4 is 27.7 Å². The van der Waals surface area contributed by atoms with Crippen molar-refractivity contribution in [2.75, 3.05) is 13.2 Å². The molecule has 2 atom stereocenters. The second-order valence-corrected chi connectivity index (χ2v) is 10.0. The standard InChI is InChI=1S/C24H28BrNO4/c1-14-20(23(28)30-13-15-7-6-10-29-15)21(16-8-4-5-9-17(16)25)22-18(26-14)11-24(2,3)12-19(22)27/h4-5,8-9,15,21,26H,6-7,10-13H2,1-3H3/t15-,21-/m1/s1. The van der Waals surface area contributed by atoms with Crippen LogP contribution in [0.25, 0.3) is 0 Å². The van der Waals surface area contributed by atoms with Gasteiger partial charge in [0, 0.05) is 40.4 Å². The molecule has 0 bridgehead atoms. The minimum atomic E-state index is -0.447. The minimum absolute atomic E-state index is 0.0415. The van der Waals surface area contributed by atoms with Crippen molar-refractivity contribution in [1.29, 1.82) is 0 Å². The highest BCUT2D eigenvalue weighted by atomic mass is 79.9. The van der Waals surface area contributed by atoms with E-state index in [1.54, 1.807) is 0 Å². The molecule has 6 heteroatoms. The van der Waals surface area contributed by atoms with Crippen LogP contribution < -0.4 is 5.32 Å². The molecule has 2 aliphatic heterocycles. The summed E-state index contributed by atoms with van der Waals surface area (Å²) in [5.41, 5.74) is 3.66. The summed E-state index contributed by atoms with van der Waals surface area (Å²) in [6.07, 6.45) is 3.09. The van der Waals surface area contributed by atoms with Crippen molar-refractivity contribution in [2.45, 2.75) is 58.5 Å². The smallest absolute Gasteiger partial charge is 0.336 e. The Labute approximate surface area is 186 Å². The molecule has 3 aliphatic rings. The van der Waals surface area contributed by atoms with E-state index in [0.29, 0.717) is 24.2 Å². The lowest BCUT2D eigenvalue weighted by Gasteiger charge is -2.39. The second kappa shape index (κ2) is 8.31. The van der Waals surface area contributed by atoms with Gasteiger partial charge >= 0.3 is 5.97 Å². The number of rotatable bonds is 4. The van der Waals surface area contributed by atoms with Crippen molar-refractivity contribution < 1.29 is 19.1 Å². The monoisotopic (exact) mass is 473 g/mol. The zero-order valence-electron chi connectivity index (χ0n) is 17.7. The van der Waals surface area contributed by atoms with Crippen LogP contribution in [0.5, 0.6) is 0 Å². The van der Waals surface area contributed by atoms with Gasteiger partial charge in [0.2, 0.25) is 0 Å². The average molecular weight is 474 g/mol. The lowest BCUT2D eigenvalue weighted by atomic mass is 9.68. The molecule has 160 valence electrons. The highest BCUT2D eigenvalue weighted by molar-refractivity contribution is 9.10. The van der Waals surface area contributed by atoms with E-state index in [1.807, 2.05) is 31.2 Å². The number of ether oxygens (including phenoxy) is 2. The first-order valence-electron chi connectivity index (χ1n) is 10.5. The summed E-state index contributed by atoms with van der Waals surface area (Å²) >= 11 is 3.63. The third kappa shape index (κ3) is 4.12. The number of hydrogen-bond donors (Lipinski definition) is 1. The van der Waals surface area contributed by atoms with E-state index in [-0.39, 0.29) is 29.9 Å². The molecule has 0 saturated carbocycles. The normalized spacial score (nSPS) is 25.8. The van der Waals surface area contributed by atoms with Gasteiger partial charge in [0.1, 0.15) is 6.61 Å². The highest BCUT2D eigenvalue weighted by Gasteiger charge is 2.43. The summed E-state index contributed by atoms with van der Waals surface area (Å²) in [5, 5.41) is 3.37. The fourth-order valence-corrected chi connectivity index (χ4v) is 5.26. The predicted molar refractivity (Wildman–Crippen MR) is 118 cm³/mol. The van der Waals surface area contributed by atoms with Crippen molar-refractivity contribution in [3.63, 3.8) is 0 Å². The molecule has 1 saturated heterocycles. The third-order valence-electron chi connectivity index (χ3n) is 6.10. The first kappa shape index (κ1) is 21.3. The molecule has 0 amide bonds.